The molecule has 0 aliphatic carbocycles. The van der Waals surface area contributed by atoms with Crippen LogP contribution in [0.5, 0.6) is 5.75 Å². The molecule has 11 nitrogen and oxygen atoms in total. The Morgan fingerprint density at radius 2 is 1.76 bits per heavy atom. The molecule has 4 atom stereocenters. The maximum absolute atomic E-state index is 12.6. The average Bonchev–Trinajstić information content (AvgIpc) is 2.96. The van der Waals surface area contributed by atoms with Gasteiger partial charge in [0.1, 0.15) is 24.0 Å². The number of carbonyl (C=O) groups is 2. The van der Waals surface area contributed by atoms with Crippen molar-refractivity contribution in [2.45, 2.75) is 95.8 Å². The van der Waals surface area contributed by atoms with Gasteiger partial charge in [-0.05, 0) is 30.5 Å². The Morgan fingerprint density at radius 3 is 2.46 bits per heavy atom. The van der Waals surface area contributed by atoms with Gasteiger partial charge in [-0.1, -0.05) is 82.6 Å². The van der Waals surface area contributed by atoms with Gasteiger partial charge in [-0.3, -0.25) is 18.6 Å². The summed E-state index contributed by atoms with van der Waals surface area (Å²) in [5.74, 6) is -1.10. The fourth-order valence-corrected chi connectivity index (χ4v) is 4.95. The van der Waals surface area contributed by atoms with E-state index in [1.54, 1.807) is 12.2 Å². The first-order valence-electron chi connectivity index (χ1n) is 14.5. The number of benzene rings is 1. The number of carboxylic acid groups (broad SMARTS) is 1. The van der Waals surface area contributed by atoms with E-state index >= 15 is 0 Å². The van der Waals surface area contributed by atoms with Gasteiger partial charge in [0.2, 0.25) is 0 Å². The van der Waals surface area contributed by atoms with Gasteiger partial charge in [-0.25, -0.2) is 4.57 Å². The number of esters is 1. The Morgan fingerprint density at radius 1 is 1.07 bits per heavy atom. The van der Waals surface area contributed by atoms with Crippen LogP contribution in [0.25, 0.3) is 0 Å². The number of phosphoric ester groups is 1. The number of carboxylic acids is 1. The molecule has 1 unspecified atom stereocenters. The highest BCUT2D eigenvalue weighted by Gasteiger charge is 2.31. The quantitative estimate of drug-likeness (QED) is 0.0716. The molecule has 1 aromatic rings. The zero-order valence-corrected chi connectivity index (χ0v) is 24.9. The number of rotatable bonds is 22. The first-order chi connectivity index (χ1) is 19.7. The molecule has 0 fully saturated rings. The van der Waals surface area contributed by atoms with Crippen LogP contribution in [-0.2, 0) is 39.1 Å². The van der Waals surface area contributed by atoms with Crippen molar-refractivity contribution in [2.75, 3.05) is 26.4 Å². The van der Waals surface area contributed by atoms with E-state index in [0.717, 1.165) is 24.2 Å². The van der Waals surface area contributed by atoms with E-state index in [2.05, 4.69) is 11.4 Å². The molecule has 41 heavy (non-hydrogen) atoms. The predicted octanol–water partition coefficient (Wildman–Crippen LogP) is 4.94. The third kappa shape index (κ3) is 15.0. The third-order valence-corrected chi connectivity index (χ3v) is 7.53. The smallest absolute Gasteiger partial charge is 0.472 e. The molecule has 0 saturated carbocycles. The van der Waals surface area contributed by atoms with Crippen molar-refractivity contribution in [1.82, 2.24) is 0 Å². The molecule has 1 aromatic carbocycles. The lowest BCUT2D eigenvalue weighted by molar-refractivity contribution is -0.155. The zero-order valence-electron chi connectivity index (χ0n) is 24.0. The average molecular weight is 600 g/mol. The summed E-state index contributed by atoms with van der Waals surface area (Å²) in [5, 5.41) is 8.76. The number of aryl methyl sites for hydroxylation is 1. The van der Waals surface area contributed by atoms with Gasteiger partial charge in [0.05, 0.1) is 26.4 Å². The number of nitrogens with two attached hydrogens (primary N) is 1. The fourth-order valence-electron chi connectivity index (χ4n) is 4.19. The lowest BCUT2D eigenvalue weighted by Crippen LogP contribution is -2.38. The van der Waals surface area contributed by atoms with Crippen LogP contribution in [0, 0.1) is 0 Å². The van der Waals surface area contributed by atoms with Gasteiger partial charge >= 0.3 is 19.8 Å². The van der Waals surface area contributed by atoms with Gasteiger partial charge in [-0.15, -0.1) is 0 Å². The van der Waals surface area contributed by atoms with Crippen LogP contribution in [0.3, 0.4) is 0 Å². The van der Waals surface area contributed by atoms with Crippen LogP contribution >= 0.6 is 7.82 Å². The summed E-state index contributed by atoms with van der Waals surface area (Å²) in [6.07, 6.45) is 13.3. The Hall–Kier alpha value is -2.27. The maximum Gasteiger partial charge on any atom is 0.472 e. The summed E-state index contributed by atoms with van der Waals surface area (Å²) in [6.45, 7) is 1.92. The number of phosphoric acid groups is 1. The van der Waals surface area contributed by atoms with E-state index in [-0.39, 0.29) is 13.0 Å². The summed E-state index contributed by atoms with van der Waals surface area (Å²) < 4.78 is 38.7. The molecule has 4 N–H and O–H groups in total. The molecule has 1 heterocycles. The zero-order chi connectivity index (χ0) is 29.9. The molecular formula is C29H46NO10P. The normalized spacial score (nSPS) is 18.9. The summed E-state index contributed by atoms with van der Waals surface area (Å²) in [4.78, 5) is 33.2. The monoisotopic (exact) mass is 599 g/mol. The van der Waals surface area contributed by atoms with E-state index in [0.29, 0.717) is 13.0 Å². The minimum absolute atomic E-state index is 0.102. The van der Waals surface area contributed by atoms with Gasteiger partial charge in [-0.2, -0.15) is 0 Å². The van der Waals surface area contributed by atoms with Crippen molar-refractivity contribution >= 4 is 19.8 Å². The summed E-state index contributed by atoms with van der Waals surface area (Å²) in [7, 11) is -4.60. The van der Waals surface area contributed by atoms with Crippen molar-refractivity contribution in [1.29, 1.82) is 0 Å². The molecule has 1 aliphatic heterocycles. The number of hydrogen-bond donors (Lipinski definition) is 3. The van der Waals surface area contributed by atoms with Gasteiger partial charge in [0, 0.05) is 6.42 Å². The molecule has 0 aromatic heterocycles. The van der Waals surface area contributed by atoms with Crippen LogP contribution in [0.15, 0.2) is 36.4 Å². The second kappa shape index (κ2) is 19.8. The largest absolute Gasteiger partial charge is 0.493 e. The number of aliphatic carboxylic acids is 1. The maximum atomic E-state index is 12.6. The van der Waals surface area contributed by atoms with Crippen LogP contribution in [0.4, 0.5) is 0 Å². The van der Waals surface area contributed by atoms with Gasteiger partial charge in [0.25, 0.3) is 0 Å². The molecule has 0 saturated heterocycles. The fraction of sp³-hybridized carbons (Fsp3) is 0.655. The molecular weight excluding hydrogens is 553 g/mol. The SMILES string of the molecule is CCCCCCCCCCCOc1ccccc1CCC(=O)O[C@H]1C=CCO[C@@H]1COP(=O)(O)OC[C@@H](N)C(=O)O. The molecule has 0 bridgehead atoms. The first-order valence-corrected chi connectivity index (χ1v) is 16.0. The van der Waals surface area contributed by atoms with Crippen molar-refractivity contribution < 1.29 is 47.4 Å². The van der Waals surface area contributed by atoms with E-state index in [1.807, 2.05) is 24.3 Å². The predicted molar refractivity (Wildman–Crippen MR) is 154 cm³/mol. The topological polar surface area (TPSA) is 164 Å². The Labute approximate surface area is 242 Å². The van der Waals surface area contributed by atoms with E-state index in [1.165, 1.54) is 44.9 Å². The lowest BCUT2D eigenvalue weighted by atomic mass is 10.1. The molecule has 1 aliphatic rings. The molecule has 12 heteroatoms. The molecule has 0 amide bonds. The van der Waals surface area contributed by atoms with E-state index in [4.69, 9.17) is 29.6 Å². The van der Waals surface area contributed by atoms with Gasteiger partial charge < -0.3 is 29.9 Å². The second-order valence-electron chi connectivity index (χ2n) is 10.0. The van der Waals surface area contributed by atoms with Gasteiger partial charge in [0.15, 0.2) is 0 Å². The summed E-state index contributed by atoms with van der Waals surface area (Å²) in [6, 6.07) is 6.15. The molecule has 2 rings (SSSR count). The highest BCUT2D eigenvalue weighted by molar-refractivity contribution is 7.47. The molecule has 0 spiro atoms. The van der Waals surface area contributed by atoms with Crippen LogP contribution < -0.4 is 10.5 Å². The van der Waals surface area contributed by atoms with Crippen molar-refractivity contribution in [3.05, 3.63) is 42.0 Å². The van der Waals surface area contributed by atoms with E-state index < -0.39 is 51.2 Å². The van der Waals surface area contributed by atoms with E-state index in [9.17, 15) is 19.0 Å². The summed E-state index contributed by atoms with van der Waals surface area (Å²) >= 11 is 0. The van der Waals surface area contributed by atoms with Crippen LogP contribution in [-0.4, -0.2) is 66.6 Å². The highest BCUT2D eigenvalue weighted by atomic mass is 31.2. The Kier molecular flexibility index (Phi) is 16.8. The second-order valence-corrected chi connectivity index (χ2v) is 11.5. The first kappa shape index (κ1) is 34.9. The van der Waals surface area contributed by atoms with Crippen molar-refractivity contribution in [3.8, 4) is 5.75 Å². The number of para-hydroxylation sites is 1. The van der Waals surface area contributed by atoms with Crippen molar-refractivity contribution in [2.24, 2.45) is 5.73 Å². The number of unbranched alkanes of at least 4 members (excludes halogenated alkanes) is 8. The Bertz CT molecular complexity index is 988. The standard InChI is InChI=1S/C29H46NO10P/c1-2-3-4-5-6-7-8-9-12-19-36-25-15-11-10-14-23(25)17-18-28(31)40-26-16-13-20-37-27(26)22-39-41(34,35)38-21-24(30)29(32)33/h10-11,13-16,24,26-27H,2-9,12,17-22,30H2,1H3,(H,32,33)(H,34,35)/t24-,26+,27-/m1/s1. The van der Waals surface area contributed by atoms with Crippen molar-refractivity contribution in [3.63, 3.8) is 0 Å². The third-order valence-electron chi connectivity index (χ3n) is 6.58. The summed E-state index contributed by atoms with van der Waals surface area (Å²) in [5.41, 5.74) is 6.18. The molecule has 232 valence electrons. The minimum Gasteiger partial charge on any atom is -0.493 e. The lowest BCUT2D eigenvalue weighted by Gasteiger charge is -2.28. The number of hydrogen-bond acceptors (Lipinski definition) is 9. The highest BCUT2D eigenvalue weighted by Crippen LogP contribution is 2.43. The van der Waals surface area contributed by atoms with Crippen LogP contribution in [0.1, 0.15) is 76.7 Å². The number of ether oxygens (including phenoxy) is 3. The Balaban J connectivity index is 1.73. The van der Waals surface area contributed by atoms with Crippen LogP contribution in [0.2, 0.25) is 0 Å². The molecule has 0 radical (unpaired) electrons. The minimum atomic E-state index is -4.60. The number of carbonyl (C=O) groups excluding carboxylic acids is 1.